The second kappa shape index (κ2) is 7.43. The standard InChI is InChI=1S/C21H28N4O2/c1-14-8-9-15(2)17(10-14)20-11-24(16(3)13-27-20)21(26)12-25-19-7-5-4-6-18(19)22-23-25/h8-10,16,20H,4-7,11-13H2,1-3H3. The molecule has 2 aromatic rings. The van der Waals surface area contributed by atoms with Crippen LogP contribution in [0.4, 0.5) is 0 Å². The molecule has 1 saturated heterocycles. The maximum absolute atomic E-state index is 13.1. The molecule has 0 spiro atoms. The van der Waals surface area contributed by atoms with E-state index in [0.717, 1.165) is 37.1 Å². The van der Waals surface area contributed by atoms with E-state index in [1.165, 1.54) is 16.7 Å². The second-order valence-corrected chi connectivity index (χ2v) is 7.92. The summed E-state index contributed by atoms with van der Waals surface area (Å²) in [6.07, 6.45) is 4.19. The minimum atomic E-state index is -0.0743. The first kappa shape index (κ1) is 18.2. The highest BCUT2D eigenvalue weighted by molar-refractivity contribution is 5.76. The average Bonchev–Trinajstić information content (AvgIpc) is 3.07. The first-order chi connectivity index (χ1) is 13.0. The van der Waals surface area contributed by atoms with Crippen LogP contribution in [0.3, 0.4) is 0 Å². The van der Waals surface area contributed by atoms with Gasteiger partial charge in [-0.05, 0) is 57.6 Å². The molecule has 1 fully saturated rings. The van der Waals surface area contributed by atoms with Crippen molar-refractivity contribution in [1.29, 1.82) is 0 Å². The molecule has 1 amide bonds. The molecule has 0 radical (unpaired) electrons. The SMILES string of the molecule is Cc1ccc(C)c(C2CN(C(=O)Cn3nnc4c3CCCC4)C(C)CO2)c1. The molecular formula is C21H28N4O2. The molecule has 2 atom stereocenters. The summed E-state index contributed by atoms with van der Waals surface area (Å²) in [4.78, 5) is 15.0. The highest BCUT2D eigenvalue weighted by Crippen LogP contribution is 2.28. The Morgan fingerprint density at radius 1 is 1.26 bits per heavy atom. The minimum absolute atomic E-state index is 0.0678. The number of nitrogens with zero attached hydrogens (tertiary/aromatic N) is 4. The summed E-state index contributed by atoms with van der Waals surface area (Å²) in [5.41, 5.74) is 5.81. The molecule has 0 bridgehead atoms. The van der Waals surface area contributed by atoms with E-state index in [-0.39, 0.29) is 24.6 Å². The third-order valence-corrected chi connectivity index (χ3v) is 5.82. The summed E-state index contributed by atoms with van der Waals surface area (Å²) in [5.74, 6) is 0.0966. The van der Waals surface area contributed by atoms with Gasteiger partial charge in [0.25, 0.3) is 0 Å². The van der Waals surface area contributed by atoms with Crippen molar-refractivity contribution in [3.05, 3.63) is 46.3 Å². The van der Waals surface area contributed by atoms with Gasteiger partial charge >= 0.3 is 0 Å². The van der Waals surface area contributed by atoms with Gasteiger partial charge in [-0.25, -0.2) is 4.68 Å². The summed E-state index contributed by atoms with van der Waals surface area (Å²) in [5, 5.41) is 8.52. The van der Waals surface area contributed by atoms with E-state index in [1.807, 2.05) is 16.5 Å². The van der Waals surface area contributed by atoms with Crippen molar-refractivity contribution in [2.75, 3.05) is 13.2 Å². The summed E-state index contributed by atoms with van der Waals surface area (Å²) < 4.78 is 7.90. The van der Waals surface area contributed by atoms with Crippen molar-refractivity contribution >= 4 is 5.91 Å². The number of amides is 1. The van der Waals surface area contributed by atoms with E-state index in [2.05, 4.69) is 42.4 Å². The Bertz CT molecular complexity index is 845. The van der Waals surface area contributed by atoms with Crippen molar-refractivity contribution in [3.8, 4) is 0 Å². The van der Waals surface area contributed by atoms with E-state index in [9.17, 15) is 4.79 Å². The molecule has 6 heteroatoms. The van der Waals surface area contributed by atoms with Crippen molar-refractivity contribution in [2.45, 2.75) is 65.1 Å². The number of ether oxygens (including phenoxy) is 1. The number of benzene rings is 1. The zero-order valence-corrected chi connectivity index (χ0v) is 16.4. The normalized spacial score (nSPS) is 22.6. The van der Waals surface area contributed by atoms with Crippen molar-refractivity contribution in [2.24, 2.45) is 0 Å². The Morgan fingerprint density at radius 2 is 2.07 bits per heavy atom. The zero-order chi connectivity index (χ0) is 19.0. The first-order valence-corrected chi connectivity index (χ1v) is 9.92. The third kappa shape index (κ3) is 3.63. The fourth-order valence-corrected chi connectivity index (χ4v) is 4.17. The minimum Gasteiger partial charge on any atom is -0.370 e. The van der Waals surface area contributed by atoms with Gasteiger partial charge in [0.2, 0.25) is 5.91 Å². The Balaban J connectivity index is 1.51. The van der Waals surface area contributed by atoms with Crippen LogP contribution >= 0.6 is 0 Å². The van der Waals surface area contributed by atoms with E-state index < -0.39 is 0 Å². The van der Waals surface area contributed by atoms with Gasteiger partial charge in [0, 0.05) is 0 Å². The van der Waals surface area contributed by atoms with Gasteiger partial charge in [-0.15, -0.1) is 5.10 Å². The molecule has 1 aliphatic heterocycles. The van der Waals surface area contributed by atoms with Crippen LogP contribution in [0, 0.1) is 13.8 Å². The molecule has 2 heterocycles. The third-order valence-electron chi connectivity index (χ3n) is 5.82. The lowest BCUT2D eigenvalue weighted by Gasteiger charge is -2.38. The number of hydrogen-bond acceptors (Lipinski definition) is 4. The lowest BCUT2D eigenvalue weighted by molar-refractivity contribution is -0.145. The maximum atomic E-state index is 13.1. The monoisotopic (exact) mass is 368 g/mol. The quantitative estimate of drug-likeness (QED) is 0.836. The summed E-state index contributed by atoms with van der Waals surface area (Å²) >= 11 is 0. The van der Waals surface area contributed by atoms with Crippen molar-refractivity contribution in [3.63, 3.8) is 0 Å². The van der Waals surface area contributed by atoms with Gasteiger partial charge in [0.1, 0.15) is 12.6 Å². The molecule has 1 aliphatic carbocycles. The number of fused-ring (bicyclic) bond motifs is 1. The smallest absolute Gasteiger partial charge is 0.244 e. The van der Waals surface area contributed by atoms with Crippen LogP contribution in [-0.4, -0.2) is 45.0 Å². The van der Waals surface area contributed by atoms with Gasteiger partial charge in [-0.1, -0.05) is 29.0 Å². The lowest BCUT2D eigenvalue weighted by atomic mass is 9.98. The van der Waals surface area contributed by atoms with E-state index in [1.54, 1.807) is 0 Å². The van der Waals surface area contributed by atoms with E-state index in [0.29, 0.717) is 13.2 Å². The highest BCUT2D eigenvalue weighted by Gasteiger charge is 2.32. The van der Waals surface area contributed by atoms with Crippen LogP contribution < -0.4 is 0 Å². The van der Waals surface area contributed by atoms with Gasteiger partial charge < -0.3 is 9.64 Å². The van der Waals surface area contributed by atoms with E-state index in [4.69, 9.17) is 4.74 Å². The first-order valence-electron chi connectivity index (χ1n) is 9.92. The van der Waals surface area contributed by atoms with Crippen LogP contribution in [-0.2, 0) is 28.9 Å². The summed E-state index contributed by atoms with van der Waals surface area (Å²) in [7, 11) is 0. The lowest BCUT2D eigenvalue weighted by Crippen LogP contribution is -2.49. The Hall–Kier alpha value is -2.21. The van der Waals surface area contributed by atoms with Crippen molar-refractivity contribution < 1.29 is 9.53 Å². The fourth-order valence-electron chi connectivity index (χ4n) is 4.17. The Kier molecular flexibility index (Phi) is 5.00. The number of rotatable bonds is 3. The largest absolute Gasteiger partial charge is 0.370 e. The van der Waals surface area contributed by atoms with Gasteiger partial charge in [-0.2, -0.15) is 0 Å². The Labute approximate surface area is 160 Å². The Morgan fingerprint density at radius 3 is 2.93 bits per heavy atom. The predicted molar refractivity (Wildman–Crippen MR) is 102 cm³/mol. The molecule has 4 rings (SSSR count). The fraction of sp³-hybridized carbons (Fsp3) is 0.571. The molecule has 1 aromatic heterocycles. The van der Waals surface area contributed by atoms with Crippen LogP contribution in [0.5, 0.6) is 0 Å². The molecule has 6 nitrogen and oxygen atoms in total. The van der Waals surface area contributed by atoms with Gasteiger partial charge in [0.15, 0.2) is 0 Å². The molecule has 0 N–H and O–H groups in total. The highest BCUT2D eigenvalue weighted by atomic mass is 16.5. The molecule has 2 aliphatic rings. The number of carbonyl (C=O) groups excluding carboxylic acids is 1. The number of aryl methyl sites for hydroxylation is 3. The van der Waals surface area contributed by atoms with Crippen LogP contribution in [0.1, 0.15) is 53.9 Å². The summed E-state index contributed by atoms with van der Waals surface area (Å²) in [6.45, 7) is 7.65. The number of aromatic nitrogens is 3. The molecule has 27 heavy (non-hydrogen) atoms. The average molecular weight is 368 g/mol. The van der Waals surface area contributed by atoms with Gasteiger partial charge in [-0.3, -0.25) is 4.79 Å². The van der Waals surface area contributed by atoms with Crippen LogP contribution in [0.15, 0.2) is 18.2 Å². The zero-order valence-electron chi connectivity index (χ0n) is 16.4. The maximum Gasteiger partial charge on any atom is 0.244 e. The second-order valence-electron chi connectivity index (χ2n) is 7.92. The molecule has 0 saturated carbocycles. The molecule has 1 aromatic carbocycles. The molecule has 144 valence electrons. The van der Waals surface area contributed by atoms with Crippen LogP contribution in [0.2, 0.25) is 0 Å². The predicted octanol–water partition coefficient (Wildman–Crippen LogP) is 2.76. The van der Waals surface area contributed by atoms with Crippen molar-refractivity contribution in [1.82, 2.24) is 19.9 Å². The number of morpholine rings is 1. The number of hydrogen-bond donors (Lipinski definition) is 0. The van der Waals surface area contributed by atoms with Crippen LogP contribution in [0.25, 0.3) is 0 Å². The number of carbonyl (C=O) groups is 1. The molecular weight excluding hydrogens is 340 g/mol. The van der Waals surface area contributed by atoms with E-state index >= 15 is 0 Å². The molecule has 2 unspecified atom stereocenters. The summed E-state index contributed by atoms with van der Waals surface area (Å²) in [6, 6.07) is 6.48. The topological polar surface area (TPSA) is 60.2 Å². The van der Waals surface area contributed by atoms with Gasteiger partial charge in [0.05, 0.1) is 30.6 Å².